The fraction of sp³-hybridized carbons (Fsp3) is 0.833. The molecule has 100 valence electrons. The Hall–Kier alpha value is -1.26. The largest absolute Gasteiger partial charge is 0.464 e. The van der Waals surface area contributed by atoms with Crippen molar-refractivity contribution in [2.45, 2.75) is 40.2 Å². The molecule has 5 nitrogen and oxygen atoms in total. The summed E-state index contributed by atoms with van der Waals surface area (Å²) in [6, 6.07) is -0.598. The molecule has 0 aliphatic carbocycles. The zero-order valence-corrected chi connectivity index (χ0v) is 11.4. The van der Waals surface area contributed by atoms with Crippen molar-refractivity contribution in [3.8, 4) is 0 Å². The van der Waals surface area contributed by atoms with Crippen LogP contribution < -0.4 is 0 Å². The maximum atomic E-state index is 11.7. The first-order valence-corrected chi connectivity index (χ1v) is 6.01. The summed E-state index contributed by atoms with van der Waals surface area (Å²) >= 11 is 0. The lowest BCUT2D eigenvalue weighted by Crippen LogP contribution is -2.46. The van der Waals surface area contributed by atoms with E-state index in [2.05, 4.69) is 0 Å². The molecule has 0 saturated heterocycles. The fourth-order valence-electron chi connectivity index (χ4n) is 1.51. The van der Waals surface area contributed by atoms with E-state index in [0.29, 0.717) is 13.2 Å². The molecule has 0 aromatic heterocycles. The van der Waals surface area contributed by atoms with Gasteiger partial charge in [0.1, 0.15) is 6.04 Å². The lowest BCUT2D eigenvalue weighted by molar-refractivity contribution is -0.150. The Morgan fingerprint density at radius 2 is 1.76 bits per heavy atom. The van der Waals surface area contributed by atoms with Gasteiger partial charge in [-0.05, 0) is 19.3 Å². The normalized spacial score (nSPS) is 12.1. The molecule has 0 aliphatic rings. The molecule has 0 bridgehead atoms. The van der Waals surface area contributed by atoms with Crippen LogP contribution >= 0.6 is 0 Å². The molecular weight excluding hydrogens is 222 g/mol. The van der Waals surface area contributed by atoms with Crippen LogP contribution in [0, 0.1) is 5.92 Å². The zero-order chi connectivity index (χ0) is 13.4. The summed E-state index contributed by atoms with van der Waals surface area (Å²) in [6.07, 6.45) is 0.268. The van der Waals surface area contributed by atoms with E-state index in [1.165, 1.54) is 4.90 Å². The molecule has 0 N–H and O–H groups in total. The van der Waals surface area contributed by atoms with Crippen LogP contribution in [0.4, 0.5) is 4.79 Å². The molecule has 17 heavy (non-hydrogen) atoms. The summed E-state index contributed by atoms with van der Waals surface area (Å²) < 4.78 is 9.94. The summed E-state index contributed by atoms with van der Waals surface area (Å²) in [6.45, 7) is 8.05. The van der Waals surface area contributed by atoms with Gasteiger partial charge in [-0.25, -0.2) is 9.59 Å². The van der Waals surface area contributed by atoms with Gasteiger partial charge in [0.25, 0.3) is 0 Å². The van der Waals surface area contributed by atoms with Crippen molar-refractivity contribution >= 4 is 12.1 Å². The molecule has 1 amide bonds. The van der Waals surface area contributed by atoms with E-state index in [4.69, 9.17) is 9.47 Å². The van der Waals surface area contributed by atoms with Crippen LogP contribution in [-0.2, 0) is 14.3 Å². The van der Waals surface area contributed by atoms with E-state index < -0.39 is 18.1 Å². The molecule has 5 heteroatoms. The highest BCUT2D eigenvalue weighted by atomic mass is 16.6. The van der Waals surface area contributed by atoms with Crippen molar-refractivity contribution < 1.29 is 19.1 Å². The first-order chi connectivity index (χ1) is 7.95. The minimum atomic E-state index is -0.598. The van der Waals surface area contributed by atoms with Crippen molar-refractivity contribution in [1.82, 2.24) is 4.90 Å². The first kappa shape index (κ1) is 15.7. The van der Waals surface area contributed by atoms with Crippen molar-refractivity contribution in [2.75, 3.05) is 20.3 Å². The molecule has 0 saturated carbocycles. The lowest BCUT2D eigenvalue weighted by Gasteiger charge is -2.28. The van der Waals surface area contributed by atoms with Gasteiger partial charge >= 0.3 is 12.1 Å². The highest BCUT2D eigenvalue weighted by Crippen LogP contribution is 2.12. The average Bonchev–Trinajstić information content (AvgIpc) is 2.25. The Morgan fingerprint density at radius 3 is 2.18 bits per heavy atom. The minimum Gasteiger partial charge on any atom is -0.464 e. The third-order valence-electron chi connectivity index (χ3n) is 2.29. The highest BCUT2D eigenvalue weighted by molar-refractivity contribution is 5.81. The smallest absolute Gasteiger partial charge is 0.410 e. The van der Waals surface area contributed by atoms with Crippen LogP contribution in [0.1, 0.15) is 34.1 Å². The third kappa shape index (κ3) is 5.06. The van der Waals surface area contributed by atoms with Crippen molar-refractivity contribution in [2.24, 2.45) is 5.92 Å². The Kier molecular flexibility index (Phi) is 7.34. The van der Waals surface area contributed by atoms with Gasteiger partial charge < -0.3 is 9.47 Å². The van der Waals surface area contributed by atoms with Crippen LogP contribution in [0.5, 0.6) is 0 Å². The van der Waals surface area contributed by atoms with Crippen molar-refractivity contribution in [1.29, 1.82) is 0 Å². The van der Waals surface area contributed by atoms with Crippen LogP contribution in [-0.4, -0.2) is 43.3 Å². The summed E-state index contributed by atoms with van der Waals surface area (Å²) in [7, 11) is 1.56. The predicted octanol–water partition coefficient (Wildman–Crippen LogP) is 2.05. The van der Waals surface area contributed by atoms with Gasteiger partial charge in [-0.15, -0.1) is 0 Å². The summed E-state index contributed by atoms with van der Waals surface area (Å²) in [5, 5.41) is 0. The van der Waals surface area contributed by atoms with Gasteiger partial charge in [-0.1, -0.05) is 20.8 Å². The minimum absolute atomic E-state index is 0.0202. The lowest BCUT2D eigenvalue weighted by atomic mass is 10.0. The number of amides is 1. The quantitative estimate of drug-likeness (QED) is 0.672. The Balaban J connectivity index is 4.58. The zero-order valence-electron chi connectivity index (χ0n) is 11.4. The van der Waals surface area contributed by atoms with Crippen molar-refractivity contribution in [3.63, 3.8) is 0 Å². The monoisotopic (exact) mass is 245 g/mol. The van der Waals surface area contributed by atoms with Gasteiger partial charge in [0.15, 0.2) is 0 Å². The number of likely N-dealkylation sites (N-methyl/N-ethyl adjacent to an activating group) is 1. The SMILES string of the molecule is CCCOC(=O)N(C)C(C(=O)OCC)C(C)C. The number of rotatable bonds is 6. The van der Waals surface area contributed by atoms with E-state index in [9.17, 15) is 9.59 Å². The Labute approximate surface area is 103 Å². The average molecular weight is 245 g/mol. The highest BCUT2D eigenvalue weighted by Gasteiger charge is 2.31. The number of nitrogens with zero attached hydrogens (tertiary/aromatic N) is 1. The van der Waals surface area contributed by atoms with Gasteiger partial charge in [0.2, 0.25) is 0 Å². The number of hydrogen-bond acceptors (Lipinski definition) is 4. The molecule has 0 aliphatic heterocycles. The summed E-state index contributed by atoms with van der Waals surface area (Å²) in [4.78, 5) is 24.7. The molecule has 0 spiro atoms. The van der Waals surface area contributed by atoms with E-state index >= 15 is 0 Å². The molecule has 1 atom stereocenters. The van der Waals surface area contributed by atoms with E-state index in [0.717, 1.165) is 6.42 Å². The molecule has 1 unspecified atom stereocenters. The molecule has 0 rings (SSSR count). The van der Waals surface area contributed by atoms with Gasteiger partial charge in [-0.3, -0.25) is 4.90 Å². The number of esters is 1. The van der Waals surface area contributed by atoms with Gasteiger partial charge in [0, 0.05) is 7.05 Å². The first-order valence-electron chi connectivity index (χ1n) is 6.01. The van der Waals surface area contributed by atoms with E-state index in [1.807, 2.05) is 20.8 Å². The number of hydrogen-bond donors (Lipinski definition) is 0. The van der Waals surface area contributed by atoms with Gasteiger partial charge in [-0.2, -0.15) is 0 Å². The molecule has 0 radical (unpaired) electrons. The van der Waals surface area contributed by atoms with Crippen LogP contribution in [0.15, 0.2) is 0 Å². The molecule has 0 aromatic rings. The third-order valence-corrected chi connectivity index (χ3v) is 2.29. The summed E-state index contributed by atoms with van der Waals surface area (Å²) in [5.74, 6) is -0.410. The topological polar surface area (TPSA) is 55.8 Å². The van der Waals surface area contributed by atoms with E-state index in [1.54, 1.807) is 14.0 Å². The van der Waals surface area contributed by atoms with Crippen LogP contribution in [0.3, 0.4) is 0 Å². The molecule has 0 fully saturated rings. The molecule has 0 heterocycles. The molecule has 0 aromatic carbocycles. The predicted molar refractivity (Wildman–Crippen MR) is 64.7 cm³/mol. The van der Waals surface area contributed by atoms with Gasteiger partial charge in [0.05, 0.1) is 13.2 Å². The van der Waals surface area contributed by atoms with Crippen LogP contribution in [0.2, 0.25) is 0 Å². The van der Waals surface area contributed by atoms with Crippen molar-refractivity contribution in [3.05, 3.63) is 0 Å². The second-order valence-electron chi connectivity index (χ2n) is 4.17. The van der Waals surface area contributed by atoms with Crippen LogP contribution in [0.25, 0.3) is 0 Å². The number of ether oxygens (including phenoxy) is 2. The number of carbonyl (C=O) groups excluding carboxylic acids is 2. The number of carbonyl (C=O) groups is 2. The standard InChI is InChI=1S/C12H23NO4/c1-6-8-17-12(15)13(5)10(9(3)4)11(14)16-7-2/h9-10H,6-8H2,1-5H3. The fourth-order valence-corrected chi connectivity index (χ4v) is 1.51. The maximum Gasteiger partial charge on any atom is 0.410 e. The molecular formula is C12H23NO4. The second-order valence-corrected chi connectivity index (χ2v) is 4.17. The Morgan fingerprint density at radius 1 is 1.18 bits per heavy atom. The van der Waals surface area contributed by atoms with E-state index in [-0.39, 0.29) is 5.92 Å². The Bertz CT molecular complexity index is 253. The second kappa shape index (κ2) is 7.92. The maximum absolute atomic E-state index is 11.7. The summed E-state index contributed by atoms with van der Waals surface area (Å²) in [5.41, 5.74) is 0.